The number of hydrogen-bond acceptors (Lipinski definition) is 4. The van der Waals surface area contributed by atoms with Crippen molar-refractivity contribution in [2.75, 3.05) is 0 Å². The van der Waals surface area contributed by atoms with Crippen LogP contribution in [0.4, 0.5) is 0 Å². The molecule has 3 rings (SSSR count). The molecule has 2 atom stereocenters. The quantitative estimate of drug-likeness (QED) is 0.895. The predicted molar refractivity (Wildman–Crippen MR) is 91.2 cm³/mol. The second-order valence-corrected chi connectivity index (χ2v) is 7.25. The summed E-state index contributed by atoms with van der Waals surface area (Å²) in [4.78, 5) is 21.3. The molecule has 1 fully saturated rings. The summed E-state index contributed by atoms with van der Waals surface area (Å²) in [6, 6.07) is 1.96. The number of rotatable bonds is 2. The van der Waals surface area contributed by atoms with Crippen LogP contribution in [0, 0.1) is 12.8 Å². The highest BCUT2D eigenvalue weighted by Crippen LogP contribution is 2.30. The van der Waals surface area contributed by atoms with Crippen LogP contribution in [0.15, 0.2) is 17.3 Å². The minimum absolute atomic E-state index is 0.0653. The van der Waals surface area contributed by atoms with Crippen molar-refractivity contribution >= 4 is 34.4 Å². The summed E-state index contributed by atoms with van der Waals surface area (Å²) in [6.45, 7) is 1.95. The Balaban J connectivity index is 1.71. The van der Waals surface area contributed by atoms with E-state index in [2.05, 4.69) is 10.3 Å². The van der Waals surface area contributed by atoms with E-state index < -0.39 is 0 Å². The molecule has 2 unspecified atom stereocenters. The Labute approximate surface area is 140 Å². The zero-order chi connectivity index (χ0) is 15.5. The number of amides is 1. The molecule has 0 spiro atoms. The molecule has 1 N–H and O–H groups in total. The zero-order valence-electron chi connectivity index (χ0n) is 12.6. The first-order chi connectivity index (χ1) is 10.6. The molecule has 0 bridgehead atoms. The molecule has 118 valence electrons. The second kappa shape index (κ2) is 7.01. The van der Waals surface area contributed by atoms with Gasteiger partial charge in [0.05, 0.1) is 12.0 Å². The number of aromatic nitrogens is 1. The second-order valence-electron chi connectivity index (χ2n) is 5.88. The van der Waals surface area contributed by atoms with E-state index in [9.17, 15) is 4.79 Å². The molecular weight excluding hydrogens is 318 g/mol. The molecule has 1 aromatic rings. The van der Waals surface area contributed by atoms with Crippen LogP contribution in [0.25, 0.3) is 0 Å². The lowest BCUT2D eigenvalue weighted by atomic mass is 9.93. The van der Waals surface area contributed by atoms with Gasteiger partial charge in [0.2, 0.25) is 5.91 Å². The fourth-order valence-electron chi connectivity index (χ4n) is 3.08. The van der Waals surface area contributed by atoms with Gasteiger partial charge in [0.1, 0.15) is 0 Å². The largest absolute Gasteiger partial charge is 0.305 e. The van der Waals surface area contributed by atoms with Gasteiger partial charge >= 0.3 is 0 Å². The lowest BCUT2D eigenvalue weighted by Gasteiger charge is -2.27. The first-order valence-corrected chi connectivity index (χ1v) is 9.13. The molecule has 1 aromatic heterocycles. The molecule has 0 saturated heterocycles. The lowest BCUT2D eigenvalue weighted by molar-refractivity contribution is -0.124. The van der Waals surface area contributed by atoms with Gasteiger partial charge in [-0.2, -0.15) is 0 Å². The Bertz CT molecular complexity index is 585. The Morgan fingerprint density at radius 1 is 1.36 bits per heavy atom. The topological polar surface area (TPSA) is 54.4 Å². The fraction of sp³-hybridized carbons (Fsp3) is 0.562. The normalized spacial score (nSPS) is 25.0. The number of pyridine rings is 1. The van der Waals surface area contributed by atoms with E-state index in [0.29, 0.717) is 5.75 Å². The van der Waals surface area contributed by atoms with E-state index in [1.807, 2.05) is 6.92 Å². The van der Waals surface area contributed by atoms with Gasteiger partial charge in [0, 0.05) is 28.2 Å². The van der Waals surface area contributed by atoms with Crippen molar-refractivity contribution < 1.29 is 4.79 Å². The Kier molecular flexibility index (Phi) is 5.03. The average Bonchev–Trinajstić information content (AvgIpc) is 2.72. The summed E-state index contributed by atoms with van der Waals surface area (Å²) >= 11 is 7.77. The number of aliphatic imine (C=N–C) groups is 1. The van der Waals surface area contributed by atoms with Crippen molar-refractivity contribution in [1.82, 2.24) is 10.3 Å². The molecule has 6 heteroatoms. The van der Waals surface area contributed by atoms with Crippen molar-refractivity contribution in [3.8, 4) is 0 Å². The monoisotopic (exact) mass is 337 g/mol. The number of halogens is 1. The van der Waals surface area contributed by atoms with Crippen molar-refractivity contribution in [2.24, 2.45) is 10.9 Å². The summed E-state index contributed by atoms with van der Waals surface area (Å²) in [7, 11) is 0. The van der Waals surface area contributed by atoms with Gasteiger partial charge in [0.15, 0.2) is 5.17 Å². The third-order valence-corrected chi connectivity index (χ3v) is 5.66. The molecule has 4 nitrogen and oxygen atoms in total. The van der Waals surface area contributed by atoms with Crippen molar-refractivity contribution in [3.05, 3.63) is 28.5 Å². The molecule has 2 heterocycles. The molecular formula is C16H20ClN3OS. The molecule has 0 aromatic carbocycles. The van der Waals surface area contributed by atoms with Gasteiger partial charge < -0.3 is 5.32 Å². The maximum absolute atomic E-state index is 12.3. The fourth-order valence-corrected chi connectivity index (χ4v) is 4.45. The van der Waals surface area contributed by atoms with Crippen molar-refractivity contribution in [2.45, 2.75) is 50.8 Å². The predicted octanol–water partition coefficient (Wildman–Crippen LogP) is 3.71. The van der Waals surface area contributed by atoms with Gasteiger partial charge in [0.25, 0.3) is 0 Å². The van der Waals surface area contributed by atoms with Crippen LogP contribution in [0.2, 0.25) is 5.02 Å². The maximum atomic E-state index is 12.3. The Morgan fingerprint density at radius 3 is 3.00 bits per heavy atom. The number of nitrogens with zero attached hydrogens (tertiary/aromatic N) is 2. The minimum atomic E-state index is 0.0653. The standard InChI is InChI=1S/C16H20ClN3OS/c1-10-12(13(17)7-8-18-10)9-22-16-19-14-6-4-2-3-5-11(14)15(21)20-16/h7-8,11,14H,2-6,9H2,1H3,(H,19,20,21). The van der Waals surface area contributed by atoms with Crippen LogP contribution in [-0.2, 0) is 10.5 Å². The van der Waals surface area contributed by atoms with E-state index in [0.717, 1.165) is 40.7 Å². The van der Waals surface area contributed by atoms with E-state index >= 15 is 0 Å². The molecule has 1 saturated carbocycles. The van der Waals surface area contributed by atoms with Gasteiger partial charge in [-0.05, 0) is 25.8 Å². The van der Waals surface area contributed by atoms with Crippen LogP contribution in [0.1, 0.15) is 43.4 Å². The Hall–Kier alpha value is -1.07. The highest BCUT2D eigenvalue weighted by Gasteiger charge is 2.33. The molecule has 1 aliphatic carbocycles. The molecule has 1 aliphatic heterocycles. The van der Waals surface area contributed by atoms with Gasteiger partial charge in [-0.3, -0.25) is 14.8 Å². The van der Waals surface area contributed by atoms with Crippen LogP contribution in [0.5, 0.6) is 0 Å². The van der Waals surface area contributed by atoms with E-state index in [1.54, 1.807) is 12.3 Å². The highest BCUT2D eigenvalue weighted by atomic mass is 35.5. The van der Waals surface area contributed by atoms with Crippen LogP contribution in [-0.4, -0.2) is 22.1 Å². The van der Waals surface area contributed by atoms with Crippen molar-refractivity contribution in [3.63, 3.8) is 0 Å². The molecule has 0 radical (unpaired) electrons. The molecule has 22 heavy (non-hydrogen) atoms. The Morgan fingerprint density at radius 2 is 2.18 bits per heavy atom. The number of fused-ring (bicyclic) bond motifs is 1. The number of carbonyl (C=O) groups is 1. The summed E-state index contributed by atoms with van der Waals surface area (Å²) < 4.78 is 0. The highest BCUT2D eigenvalue weighted by molar-refractivity contribution is 8.13. The number of amidine groups is 1. The first kappa shape index (κ1) is 15.8. The van der Waals surface area contributed by atoms with Crippen LogP contribution >= 0.6 is 23.4 Å². The number of carbonyl (C=O) groups excluding carboxylic acids is 1. The minimum Gasteiger partial charge on any atom is -0.305 e. The third kappa shape index (κ3) is 3.46. The zero-order valence-corrected chi connectivity index (χ0v) is 14.2. The number of nitrogens with one attached hydrogen (secondary N) is 1. The van der Waals surface area contributed by atoms with E-state index in [-0.39, 0.29) is 17.9 Å². The molecule has 1 amide bonds. The number of hydrogen-bond donors (Lipinski definition) is 1. The summed E-state index contributed by atoms with van der Waals surface area (Å²) in [5.74, 6) is 0.878. The summed E-state index contributed by atoms with van der Waals surface area (Å²) in [5.41, 5.74) is 1.93. The smallest absolute Gasteiger partial charge is 0.231 e. The summed E-state index contributed by atoms with van der Waals surface area (Å²) in [5, 5.41) is 4.41. The van der Waals surface area contributed by atoms with E-state index in [4.69, 9.17) is 16.6 Å². The first-order valence-electron chi connectivity index (χ1n) is 7.76. The van der Waals surface area contributed by atoms with Crippen molar-refractivity contribution in [1.29, 1.82) is 0 Å². The van der Waals surface area contributed by atoms with E-state index in [1.165, 1.54) is 24.6 Å². The lowest BCUT2D eigenvalue weighted by Crippen LogP contribution is -2.44. The molecule has 2 aliphatic rings. The van der Waals surface area contributed by atoms with Gasteiger partial charge in [-0.15, -0.1) is 0 Å². The van der Waals surface area contributed by atoms with Crippen LogP contribution in [0.3, 0.4) is 0 Å². The average molecular weight is 338 g/mol. The van der Waals surface area contributed by atoms with Gasteiger partial charge in [-0.1, -0.05) is 42.6 Å². The maximum Gasteiger partial charge on any atom is 0.231 e. The third-order valence-electron chi connectivity index (χ3n) is 4.40. The summed E-state index contributed by atoms with van der Waals surface area (Å²) in [6.07, 6.45) is 7.21. The van der Waals surface area contributed by atoms with Crippen LogP contribution < -0.4 is 5.32 Å². The number of thioether (sulfide) groups is 1. The SMILES string of the molecule is Cc1nccc(Cl)c1CSC1=NC2CCCCCC2C(=O)N1. The number of aryl methyl sites for hydroxylation is 1. The van der Waals surface area contributed by atoms with Gasteiger partial charge in [-0.25, -0.2) is 0 Å².